The highest BCUT2D eigenvalue weighted by molar-refractivity contribution is 5.97. The van der Waals surface area contributed by atoms with Crippen molar-refractivity contribution in [1.29, 1.82) is 0 Å². The maximum absolute atomic E-state index is 12.1. The number of fused-ring (bicyclic) bond motifs is 2. The molecule has 2 aliphatic rings. The van der Waals surface area contributed by atoms with Crippen LogP contribution in [0.2, 0.25) is 0 Å². The fourth-order valence-electron chi connectivity index (χ4n) is 3.55. The van der Waals surface area contributed by atoms with E-state index in [2.05, 4.69) is 10.6 Å². The first kappa shape index (κ1) is 20.4. The van der Waals surface area contributed by atoms with E-state index < -0.39 is 18.2 Å². The molecule has 1 aromatic rings. The Kier molecular flexibility index (Phi) is 6.12. The van der Waals surface area contributed by atoms with Crippen molar-refractivity contribution in [2.75, 3.05) is 18.4 Å². The fourth-order valence-corrected chi connectivity index (χ4v) is 3.55. The Bertz CT molecular complexity index is 752. The van der Waals surface area contributed by atoms with E-state index in [0.717, 1.165) is 24.8 Å². The molecular formula is C19H24F3N3O3. The molecule has 3 N–H and O–H groups in total. The molecule has 0 saturated carbocycles. The Hall–Kier alpha value is -2.29. The monoisotopic (exact) mass is 399 g/mol. The number of hydrogen-bond acceptors (Lipinski definition) is 4. The van der Waals surface area contributed by atoms with E-state index in [1.54, 1.807) is 6.92 Å². The van der Waals surface area contributed by atoms with Crippen LogP contribution in [-0.2, 0) is 16.0 Å². The summed E-state index contributed by atoms with van der Waals surface area (Å²) in [6.45, 7) is 2.33. The Morgan fingerprint density at radius 2 is 2.04 bits per heavy atom. The summed E-state index contributed by atoms with van der Waals surface area (Å²) in [6, 6.07) is 4.06. The van der Waals surface area contributed by atoms with E-state index in [1.807, 2.05) is 17.4 Å². The van der Waals surface area contributed by atoms with Gasteiger partial charge in [-0.3, -0.25) is 9.59 Å². The third-order valence-electron chi connectivity index (χ3n) is 5.02. The number of nitrogens with one attached hydrogen (secondary N) is 3. The first-order valence-corrected chi connectivity index (χ1v) is 9.48. The van der Waals surface area contributed by atoms with Gasteiger partial charge in [0.05, 0.1) is 5.69 Å². The second kappa shape index (κ2) is 8.38. The molecular weight excluding hydrogens is 375 g/mol. The van der Waals surface area contributed by atoms with Crippen LogP contribution in [0.15, 0.2) is 12.1 Å². The van der Waals surface area contributed by atoms with Crippen molar-refractivity contribution in [3.8, 4) is 5.75 Å². The van der Waals surface area contributed by atoms with Crippen LogP contribution in [0.25, 0.3) is 0 Å². The van der Waals surface area contributed by atoms with Gasteiger partial charge >= 0.3 is 12.1 Å². The minimum absolute atomic E-state index is 0.00363. The van der Waals surface area contributed by atoms with Gasteiger partial charge in [-0.25, -0.2) is 0 Å². The molecule has 2 atom stereocenters. The van der Waals surface area contributed by atoms with Crippen LogP contribution in [0.4, 0.5) is 18.9 Å². The molecule has 0 fully saturated rings. The first-order chi connectivity index (χ1) is 13.3. The topological polar surface area (TPSA) is 79.5 Å². The summed E-state index contributed by atoms with van der Waals surface area (Å²) in [5.41, 5.74) is 2.97. The summed E-state index contributed by atoms with van der Waals surface area (Å²) < 4.78 is 42.0. The number of amides is 2. The highest BCUT2D eigenvalue weighted by Gasteiger charge is 2.38. The van der Waals surface area contributed by atoms with E-state index in [1.165, 1.54) is 5.56 Å². The molecule has 9 heteroatoms. The number of ether oxygens (including phenoxy) is 1. The van der Waals surface area contributed by atoms with Crippen molar-refractivity contribution >= 4 is 17.5 Å². The number of aryl methyl sites for hydroxylation is 1. The van der Waals surface area contributed by atoms with Gasteiger partial charge in [-0.05, 0) is 68.8 Å². The van der Waals surface area contributed by atoms with Crippen LogP contribution in [-0.4, -0.2) is 37.2 Å². The lowest BCUT2D eigenvalue weighted by Gasteiger charge is -2.30. The minimum Gasteiger partial charge on any atom is -0.479 e. The van der Waals surface area contributed by atoms with Crippen LogP contribution in [0.1, 0.15) is 49.8 Å². The average molecular weight is 399 g/mol. The van der Waals surface area contributed by atoms with Gasteiger partial charge in [0.15, 0.2) is 6.10 Å². The number of unbranched alkanes of at least 4 members (excludes halogenated alkanes) is 1. The SMILES string of the molecule is CC1Oc2cc3c(cc2NC1=O)C(NCCCCNC(=O)C(F)(F)F)CCC3. The lowest BCUT2D eigenvalue weighted by molar-refractivity contribution is -0.173. The third kappa shape index (κ3) is 4.76. The van der Waals surface area contributed by atoms with Gasteiger partial charge in [0.1, 0.15) is 5.75 Å². The number of benzene rings is 1. The number of halogens is 3. The van der Waals surface area contributed by atoms with Gasteiger partial charge in [-0.1, -0.05) is 0 Å². The molecule has 1 aromatic carbocycles. The molecule has 1 aliphatic carbocycles. The van der Waals surface area contributed by atoms with E-state index >= 15 is 0 Å². The molecule has 2 amide bonds. The molecule has 0 bridgehead atoms. The average Bonchev–Trinajstić information content (AvgIpc) is 2.63. The zero-order valence-electron chi connectivity index (χ0n) is 15.6. The molecule has 0 radical (unpaired) electrons. The van der Waals surface area contributed by atoms with Crippen LogP contribution < -0.4 is 20.7 Å². The Labute approximate surface area is 161 Å². The smallest absolute Gasteiger partial charge is 0.471 e. The van der Waals surface area contributed by atoms with Crippen molar-refractivity contribution in [2.45, 2.75) is 57.3 Å². The molecule has 6 nitrogen and oxygen atoms in total. The van der Waals surface area contributed by atoms with Gasteiger partial charge < -0.3 is 20.7 Å². The van der Waals surface area contributed by atoms with Crippen molar-refractivity contribution in [3.63, 3.8) is 0 Å². The summed E-state index contributed by atoms with van der Waals surface area (Å²) in [4.78, 5) is 22.6. The lowest BCUT2D eigenvalue weighted by atomic mass is 9.86. The third-order valence-corrected chi connectivity index (χ3v) is 5.02. The van der Waals surface area contributed by atoms with Crippen molar-refractivity contribution < 1.29 is 27.5 Å². The Morgan fingerprint density at radius 1 is 1.29 bits per heavy atom. The van der Waals surface area contributed by atoms with Crippen LogP contribution in [0, 0.1) is 0 Å². The minimum atomic E-state index is -4.83. The van der Waals surface area contributed by atoms with Crippen LogP contribution >= 0.6 is 0 Å². The second-order valence-electron chi connectivity index (χ2n) is 7.16. The highest BCUT2D eigenvalue weighted by atomic mass is 19.4. The van der Waals surface area contributed by atoms with Gasteiger partial charge in [-0.2, -0.15) is 13.2 Å². The molecule has 1 aliphatic heterocycles. The maximum atomic E-state index is 12.1. The largest absolute Gasteiger partial charge is 0.479 e. The lowest BCUT2D eigenvalue weighted by Crippen LogP contribution is -2.37. The Morgan fingerprint density at radius 3 is 2.79 bits per heavy atom. The number of anilines is 1. The standard InChI is InChI=1S/C19H24F3N3O3/c1-11-17(26)25-15-10-13-12(9-16(15)28-11)5-4-6-14(13)23-7-2-3-8-24-18(27)19(20,21)22/h9-11,14,23H,2-8H2,1H3,(H,24,27)(H,25,26). The number of rotatable bonds is 6. The van der Waals surface area contributed by atoms with Crippen LogP contribution in [0.5, 0.6) is 5.75 Å². The molecule has 1 heterocycles. The van der Waals surface area contributed by atoms with E-state index in [9.17, 15) is 22.8 Å². The van der Waals surface area contributed by atoms with E-state index in [0.29, 0.717) is 30.8 Å². The van der Waals surface area contributed by atoms with Crippen LogP contribution in [0.3, 0.4) is 0 Å². The molecule has 3 rings (SSSR count). The quantitative estimate of drug-likeness (QED) is 0.643. The van der Waals surface area contributed by atoms with Crippen molar-refractivity contribution in [1.82, 2.24) is 10.6 Å². The highest BCUT2D eigenvalue weighted by Crippen LogP contribution is 2.39. The van der Waals surface area contributed by atoms with Crippen molar-refractivity contribution in [3.05, 3.63) is 23.3 Å². The predicted octanol–water partition coefficient (Wildman–Crippen LogP) is 2.83. The normalized spacial score (nSPS) is 21.2. The molecule has 0 saturated heterocycles. The number of carbonyl (C=O) groups excluding carboxylic acids is 2. The molecule has 0 aromatic heterocycles. The Balaban J connectivity index is 1.51. The molecule has 28 heavy (non-hydrogen) atoms. The molecule has 0 spiro atoms. The predicted molar refractivity (Wildman–Crippen MR) is 97.1 cm³/mol. The second-order valence-corrected chi connectivity index (χ2v) is 7.16. The summed E-state index contributed by atoms with van der Waals surface area (Å²) in [7, 11) is 0. The van der Waals surface area contributed by atoms with Crippen molar-refractivity contribution in [2.24, 2.45) is 0 Å². The molecule has 2 unspecified atom stereocenters. The van der Waals surface area contributed by atoms with Gasteiger partial charge in [0, 0.05) is 12.6 Å². The number of alkyl halides is 3. The summed E-state index contributed by atoms with van der Waals surface area (Å²) >= 11 is 0. The fraction of sp³-hybridized carbons (Fsp3) is 0.579. The van der Waals surface area contributed by atoms with Gasteiger partial charge in [0.25, 0.3) is 5.91 Å². The summed E-state index contributed by atoms with van der Waals surface area (Å²) in [5, 5.41) is 8.17. The summed E-state index contributed by atoms with van der Waals surface area (Å²) in [6.07, 6.45) is -1.33. The first-order valence-electron chi connectivity index (χ1n) is 9.48. The number of hydrogen-bond donors (Lipinski definition) is 3. The van der Waals surface area contributed by atoms with E-state index in [-0.39, 0.29) is 18.5 Å². The maximum Gasteiger partial charge on any atom is 0.471 e. The zero-order valence-corrected chi connectivity index (χ0v) is 15.6. The summed E-state index contributed by atoms with van der Waals surface area (Å²) in [5.74, 6) is -1.38. The van der Waals surface area contributed by atoms with Gasteiger partial charge in [0.2, 0.25) is 0 Å². The zero-order chi connectivity index (χ0) is 20.3. The number of carbonyl (C=O) groups is 2. The van der Waals surface area contributed by atoms with E-state index in [4.69, 9.17) is 4.74 Å². The molecule has 154 valence electrons. The van der Waals surface area contributed by atoms with Gasteiger partial charge in [-0.15, -0.1) is 0 Å².